The predicted octanol–water partition coefficient (Wildman–Crippen LogP) is 7.63. The number of ether oxygens (including phenoxy) is 11. The van der Waals surface area contributed by atoms with Crippen LogP contribution in [0.2, 0.25) is 0 Å². The van der Waals surface area contributed by atoms with E-state index < -0.39 is 77.8 Å². The average Bonchev–Trinajstić information content (AvgIpc) is 3.27. The van der Waals surface area contributed by atoms with Gasteiger partial charge in [-0.1, -0.05) is 125 Å². The highest BCUT2D eigenvalue weighted by atomic mass is 35.6. The van der Waals surface area contributed by atoms with Crippen LogP contribution in [0.3, 0.4) is 0 Å². The quantitative estimate of drug-likeness (QED) is 0.0292. The summed E-state index contributed by atoms with van der Waals surface area (Å²) in [6, 6.07) is -1.53. The molecule has 2 aliphatic heterocycles. The molecule has 0 unspecified atom stereocenters. The molecule has 0 aromatic rings. The van der Waals surface area contributed by atoms with Gasteiger partial charge in [0.05, 0.1) is 44.0 Å². The van der Waals surface area contributed by atoms with Crippen molar-refractivity contribution in [3.63, 3.8) is 0 Å². The molecular weight excluding hydrogens is 899 g/mol. The third kappa shape index (κ3) is 25.2. The molecule has 19 heteroatoms. The van der Waals surface area contributed by atoms with Crippen molar-refractivity contribution in [1.29, 1.82) is 0 Å². The minimum atomic E-state index is -1.77. The number of aliphatic hydroxyl groups is 2. The van der Waals surface area contributed by atoms with Crippen LogP contribution in [0.4, 0.5) is 4.79 Å². The Morgan fingerprint density at radius 1 is 0.703 bits per heavy atom. The van der Waals surface area contributed by atoms with Gasteiger partial charge >= 0.3 is 6.09 Å². The van der Waals surface area contributed by atoms with E-state index >= 15 is 0 Å². The summed E-state index contributed by atoms with van der Waals surface area (Å²) in [5, 5.41) is 24.2. The topological polar surface area (TPSA) is 197 Å². The van der Waals surface area contributed by atoms with E-state index in [4.69, 9.17) is 92.6 Å². The van der Waals surface area contributed by atoms with Crippen LogP contribution in [0.5, 0.6) is 0 Å². The summed E-state index contributed by atoms with van der Waals surface area (Å²) in [6.07, 6.45) is 14.6. The fraction of sp³-hybridized carbons (Fsp3) is 0.889. The molecular formula is C45H83Cl3N2O14. The van der Waals surface area contributed by atoms with Gasteiger partial charge in [0.25, 0.3) is 0 Å². The highest BCUT2D eigenvalue weighted by Crippen LogP contribution is 2.29. The summed E-state index contributed by atoms with van der Waals surface area (Å²) in [5.41, 5.74) is 6.25. The van der Waals surface area contributed by atoms with Crippen LogP contribution in [0, 0.1) is 0 Å². The van der Waals surface area contributed by atoms with Crippen molar-refractivity contribution in [2.45, 2.75) is 195 Å². The lowest BCUT2D eigenvalue weighted by atomic mass is 9.96. The maximum Gasteiger partial charge on any atom is 0.407 e. The van der Waals surface area contributed by atoms with Gasteiger partial charge in [0.15, 0.2) is 0 Å². The molecule has 64 heavy (non-hydrogen) atoms. The van der Waals surface area contributed by atoms with E-state index in [0.717, 1.165) is 38.5 Å². The molecule has 2 rings (SSSR count). The SMILES string of the molecule is C/C=C\O[C@H]1O[C@H](COC)[C@@H](O)[C@H](OCC[C@@H](CCCCCCC)OC)[C@H]1N.C/C=C\O[C@H]1O[C@H](COC)[C@@H](O)[C@H](OCC[C@@H](CCCCCCC)OC)[C@H]1NC(=O)OCC(Cl)(Cl)Cl. The average molecular weight is 983 g/mol. The number of methoxy groups -OCH3 is 4. The minimum absolute atomic E-state index is 0.0223. The number of nitrogens with one attached hydrogen (secondary N) is 1. The largest absolute Gasteiger partial charge is 0.471 e. The fourth-order valence-corrected chi connectivity index (χ4v) is 7.44. The zero-order chi connectivity index (χ0) is 47.8. The van der Waals surface area contributed by atoms with E-state index in [1.165, 1.54) is 64.6 Å². The lowest BCUT2D eigenvalue weighted by Gasteiger charge is -2.43. The van der Waals surface area contributed by atoms with Gasteiger partial charge in [-0.15, -0.1) is 0 Å². The van der Waals surface area contributed by atoms with Crippen molar-refractivity contribution >= 4 is 40.9 Å². The van der Waals surface area contributed by atoms with Gasteiger partial charge in [0, 0.05) is 41.7 Å². The predicted molar refractivity (Wildman–Crippen MR) is 248 cm³/mol. The Bertz CT molecular complexity index is 1210. The fourth-order valence-electron chi connectivity index (χ4n) is 7.28. The van der Waals surface area contributed by atoms with Crippen LogP contribution in [0.25, 0.3) is 0 Å². The van der Waals surface area contributed by atoms with E-state index in [0.29, 0.717) is 13.0 Å². The third-order valence-electron chi connectivity index (χ3n) is 10.8. The normalized spacial score (nSPS) is 27.2. The molecule has 1 amide bonds. The molecule has 0 saturated carbocycles. The Hall–Kier alpha value is -1.22. The molecule has 378 valence electrons. The molecule has 2 saturated heterocycles. The first-order valence-electron chi connectivity index (χ1n) is 23.0. The molecule has 16 nitrogen and oxygen atoms in total. The van der Waals surface area contributed by atoms with E-state index in [-0.39, 0.29) is 32.0 Å². The highest BCUT2D eigenvalue weighted by Gasteiger charge is 2.48. The molecule has 2 heterocycles. The van der Waals surface area contributed by atoms with Crippen LogP contribution in [-0.2, 0) is 52.1 Å². The number of aliphatic hydroxyl groups excluding tert-OH is 2. The number of amides is 1. The molecule has 0 bridgehead atoms. The summed E-state index contributed by atoms with van der Waals surface area (Å²) < 4.78 is 59.6. The van der Waals surface area contributed by atoms with Crippen molar-refractivity contribution in [1.82, 2.24) is 5.32 Å². The Morgan fingerprint density at radius 3 is 1.61 bits per heavy atom. The molecule has 2 fully saturated rings. The first kappa shape index (κ1) is 60.8. The van der Waals surface area contributed by atoms with Gasteiger partial charge in [0.2, 0.25) is 16.4 Å². The number of carbonyl (C=O) groups excluding carboxylic acids is 1. The van der Waals surface area contributed by atoms with Crippen molar-refractivity contribution in [3.05, 3.63) is 24.7 Å². The highest BCUT2D eigenvalue weighted by molar-refractivity contribution is 6.67. The maximum absolute atomic E-state index is 12.4. The lowest BCUT2D eigenvalue weighted by molar-refractivity contribution is -0.264. The van der Waals surface area contributed by atoms with Crippen LogP contribution in [0.15, 0.2) is 24.7 Å². The van der Waals surface area contributed by atoms with Crippen LogP contribution >= 0.6 is 34.8 Å². The molecule has 0 aliphatic carbocycles. The van der Waals surface area contributed by atoms with Crippen molar-refractivity contribution in [2.24, 2.45) is 5.73 Å². The molecule has 0 radical (unpaired) electrons. The van der Waals surface area contributed by atoms with E-state index in [9.17, 15) is 15.0 Å². The standard InChI is InChI=1S/C24H42Cl3NO8.C21H41NO6/c1-5-7-8-9-10-11-17(32-4)12-14-33-21-19(28-23(30)35-16-24(25,26)27)22(34-13-6-2)36-18(15-31-3)20(21)29;1-5-7-8-9-10-11-16(25-4)12-14-26-20-18(22)21(27-13-6-2)28-17(15-24-3)19(20)23/h6,13,17-22,29H,5,7-12,14-16H2,1-4H3,(H,28,30);6,13,16-21,23H,5,7-12,14-15,22H2,1-4H3/b2*13-6-/t17-,18-,19-,20-,21-,22+;16-,17-,18-,19-,20-,21+/m11/s1. The number of alkyl carbamates (subject to hydrolysis) is 1. The second-order valence-corrected chi connectivity index (χ2v) is 18.5. The third-order valence-corrected chi connectivity index (χ3v) is 11.2. The maximum atomic E-state index is 12.4. The Labute approximate surface area is 398 Å². The smallest absolute Gasteiger partial charge is 0.407 e. The molecule has 5 N–H and O–H groups in total. The number of unbranched alkanes of at least 4 members (excludes halogenated alkanes) is 8. The van der Waals surface area contributed by atoms with Gasteiger partial charge in [-0.2, -0.15) is 0 Å². The number of hydrogen-bond acceptors (Lipinski definition) is 15. The monoisotopic (exact) mass is 980 g/mol. The van der Waals surface area contributed by atoms with Crippen molar-refractivity contribution in [3.8, 4) is 0 Å². The zero-order valence-corrected chi connectivity index (χ0v) is 41.9. The van der Waals surface area contributed by atoms with Gasteiger partial charge < -0.3 is 73.4 Å². The Kier molecular flexibility index (Phi) is 34.9. The van der Waals surface area contributed by atoms with E-state index in [1.54, 1.807) is 40.4 Å². The number of alkyl halides is 3. The number of rotatable bonds is 32. The van der Waals surface area contributed by atoms with Crippen LogP contribution in [0.1, 0.15) is 118 Å². The zero-order valence-electron chi connectivity index (χ0n) is 39.7. The summed E-state index contributed by atoms with van der Waals surface area (Å²) >= 11 is 17.0. The number of allylic oxidation sites excluding steroid dienone is 2. The second kappa shape index (κ2) is 36.8. The van der Waals surface area contributed by atoms with Crippen LogP contribution < -0.4 is 11.1 Å². The van der Waals surface area contributed by atoms with Crippen LogP contribution in [-0.4, -0.2) is 155 Å². The second-order valence-electron chi connectivity index (χ2n) is 16.0. The summed E-state index contributed by atoms with van der Waals surface area (Å²) in [4.78, 5) is 12.4. The molecule has 12 atom stereocenters. The minimum Gasteiger partial charge on any atom is -0.471 e. The summed E-state index contributed by atoms with van der Waals surface area (Å²) in [5.74, 6) is 0. The summed E-state index contributed by atoms with van der Waals surface area (Å²) in [7, 11) is 6.48. The number of nitrogens with two attached hydrogens (primary N) is 1. The van der Waals surface area contributed by atoms with Crippen molar-refractivity contribution in [2.75, 3.05) is 61.5 Å². The molecule has 0 spiro atoms. The lowest BCUT2D eigenvalue weighted by Crippen LogP contribution is -2.65. The number of carbonyl (C=O) groups is 1. The van der Waals surface area contributed by atoms with Gasteiger partial charge in [-0.05, 0) is 39.5 Å². The van der Waals surface area contributed by atoms with Gasteiger partial charge in [0.1, 0.15) is 49.3 Å². The Morgan fingerprint density at radius 2 is 1.16 bits per heavy atom. The van der Waals surface area contributed by atoms with Crippen molar-refractivity contribution < 1.29 is 67.1 Å². The van der Waals surface area contributed by atoms with Gasteiger partial charge in [-0.25, -0.2) is 4.79 Å². The van der Waals surface area contributed by atoms with E-state index in [2.05, 4.69) is 19.2 Å². The Balaban J connectivity index is 0.000000660. The molecule has 0 aromatic heterocycles. The van der Waals surface area contributed by atoms with Gasteiger partial charge in [-0.3, -0.25) is 0 Å². The molecule has 0 aromatic carbocycles. The summed E-state index contributed by atoms with van der Waals surface area (Å²) in [6.45, 7) is 8.63. The number of halogens is 3. The number of hydrogen-bond donors (Lipinski definition) is 4. The first-order chi connectivity index (χ1) is 30.7. The van der Waals surface area contributed by atoms with E-state index in [1.807, 2.05) is 6.92 Å². The first-order valence-corrected chi connectivity index (χ1v) is 24.1. The molecule has 2 aliphatic rings.